The summed E-state index contributed by atoms with van der Waals surface area (Å²) in [6.45, 7) is 0.900. The fourth-order valence-corrected chi connectivity index (χ4v) is 2.61. The summed E-state index contributed by atoms with van der Waals surface area (Å²) in [5, 5.41) is 8.38. The van der Waals surface area contributed by atoms with E-state index in [1.165, 1.54) is 11.5 Å². The van der Waals surface area contributed by atoms with Crippen LogP contribution in [0.15, 0.2) is 41.5 Å². The van der Waals surface area contributed by atoms with Crippen molar-refractivity contribution in [2.24, 2.45) is 16.7 Å². The first kappa shape index (κ1) is 16.5. The van der Waals surface area contributed by atoms with Crippen LogP contribution in [0.4, 0.5) is 0 Å². The van der Waals surface area contributed by atoms with Crippen molar-refractivity contribution in [3.8, 4) is 0 Å². The van der Waals surface area contributed by atoms with Crippen molar-refractivity contribution < 1.29 is 0 Å². The fraction of sp³-hybridized carbons (Fsp3) is 0.312. The molecule has 0 aromatic heterocycles. The molecule has 1 atom stereocenters. The van der Waals surface area contributed by atoms with Crippen LogP contribution in [-0.2, 0) is 0 Å². The quantitative estimate of drug-likeness (QED) is 0.371. The Balaban J connectivity index is 2.34. The lowest BCUT2D eigenvalue weighted by atomic mass is 9.99. The number of hydrogen-bond donors (Lipinski definition) is 2. The van der Waals surface area contributed by atoms with Crippen molar-refractivity contribution in [2.75, 3.05) is 20.6 Å². The second kappa shape index (κ2) is 7.45. The normalized spacial score (nSPS) is 13.1. The average Bonchev–Trinajstić information content (AvgIpc) is 2.47. The molecular formula is C16H22ClN5. The summed E-state index contributed by atoms with van der Waals surface area (Å²) >= 11 is 6.03. The van der Waals surface area contributed by atoms with Gasteiger partial charge in [-0.3, -0.25) is 0 Å². The minimum atomic E-state index is -0.0396. The lowest BCUT2D eigenvalue weighted by molar-refractivity contribution is 0.187. The van der Waals surface area contributed by atoms with Gasteiger partial charge in [-0.25, -0.2) is 11.0 Å². The molecule has 2 rings (SSSR count). The first-order valence-electron chi connectivity index (χ1n) is 7.13. The second-order valence-electron chi connectivity index (χ2n) is 5.50. The van der Waals surface area contributed by atoms with Crippen molar-refractivity contribution in [1.82, 2.24) is 10.0 Å². The van der Waals surface area contributed by atoms with Gasteiger partial charge in [-0.1, -0.05) is 29.8 Å². The molecule has 6 heteroatoms. The lowest BCUT2D eigenvalue weighted by Crippen LogP contribution is -2.33. The van der Waals surface area contributed by atoms with E-state index in [4.69, 9.17) is 23.2 Å². The molecule has 0 aliphatic rings. The molecular weight excluding hydrogens is 298 g/mol. The molecule has 0 fully saturated rings. The Hall–Kier alpha value is -1.82. The van der Waals surface area contributed by atoms with Gasteiger partial charge in [-0.2, -0.15) is 5.10 Å². The smallest absolute Gasteiger partial charge is 0.107 e. The van der Waals surface area contributed by atoms with Crippen LogP contribution < -0.4 is 11.6 Å². The predicted molar refractivity (Wildman–Crippen MR) is 93.6 cm³/mol. The first-order chi connectivity index (χ1) is 10.5. The number of benzene rings is 2. The molecule has 0 aliphatic heterocycles. The van der Waals surface area contributed by atoms with Gasteiger partial charge < -0.3 is 10.6 Å². The van der Waals surface area contributed by atoms with Crippen molar-refractivity contribution >= 4 is 28.7 Å². The molecule has 1 unspecified atom stereocenters. The van der Waals surface area contributed by atoms with Crippen LogP contribution in [0.1, 0.15) is 18.0 Å². The predicted octanol–water partition coefficient (Wildman–Crippen LogP) is 2.56. The largest absolute Gasteiger partial charge is 0.388 e. The van der Waals surface area contributed by atoms with Gasteiger partial charge in [0.2, 0.25) is 0 Å². The maximum Gasteiger partial charge on any atom is 0.107 e. The zero-order valence-corrected chi connectivity index (χ0v) is 13.7. The van der Waals surface area contributed by atoms with Gasteiger partial charge in [-0.05, 0) is 61.6 Å². The topological polar surface area (TPSA) is 70.9 Å². The number of nitrogens with two attached hydrogens (primary N) is 2. The molecule has 0 saturated heterocycles. The number of nitrogens with zero attached hydrogens (tertiary/aromatic N) is 3. The molecule has 22 heavy (non-hydrogen) atoms. The molecule has 2 aromatic carbocycles. The summed E-state index contributed by atoms with van der Waals surface area (Å²) in [4.78, 5) is 2.12. The number of hydrazine groups is 1. The maximum absolute atomic E-state index is 6.03. The number of fused-ring (bicyclic) bond motifs is 1. The molecule has 0 saturated carbocycles. The molecule has 0 heterocycles. The molecule has 0 spiro atoms. The Morgan fingerprint density at radius 3 is 2.55 bits per heavy atom. The Kier molecular flexibility index (Phi) is 5.60. The molecule has 5 nitrogen and oxygen atoms in total. The molecule has 0 radical (unpaired) electrons. The fourth-order valence-electron chi connectivity index (χ4n) is 2.43. The monoisotopic (exact) mass is 319 g/mol. The third-order valence-corrected chi connectivity index (χ3v) is 3.82. The molecule has 118 valence electrons. The van der Waals surface area contributed by atoms with E-state index in [1.54, 1.807) is 0 Å². The van der Waals surface area contributed by atoms with Crippen molar-refractivity contribution in [3.63, 3.8) is 0 Å². The van der Waals surface area contributed by atoms with E-state index in [9.17, 15) is 0 Å². The van der Waals surface area contributed by atoms with Gasteiger partial charge in [0.1, 0.15) is 6.34 Å². The highest BCUT2D eigenvalue weighted by molar-refractivity contribution is 6.31. The summed E-state index contributed by atoms with van der Waals surface area (Å²) in [5.74, 6) is 6.03. The van der Waals surface area contributed by atoms with Gasteiger partial charge in [0, 0.05) is 5.02 Å². The zero-order chi connectivity index (χ0) is 16.1. The number of halogens is 1. The molecule has 0 bridgehead atoms. The van der Waals surface area contributed by atoms with E-state index in [0.717, 1.165) is 34.3 Å². The molecule has 4 N–H and O–H groups in total. The van der Waals surface area contributed by atoms with Crippen LogP contribution in [0.25, 0.3) is 10.8 Å². The van der Waals surface area contributed by atoms with E-state index >= 15 is 0 Å². The molecule has 0 amide bonds. The third kappa shape index (κ3) is 4.10. The van der Waals surface area contributed by atoms with Crippen LogP contribution in [-0.4, -0.2) is 37.0 Å². The van der Waals surface area contributed by atoms with E-state index in [0.29, 0.717) is 0 Å². The molecule has 2 aromatic rings. The van der Waals surface area contributed by atoms with Crippen LogP contribution in [0.3, 0.4) is 0 Å². The van der Waals surface area contributed by atoms with Crippen LogP contribution in [0, 0.1) is 0 Å². The van der Waals surface area contributed by atoms with Crippen molar-refractivity contribution in [1.29, 1.82) is 0 Å². The van der Waals surface area contributed by atoms with Gasteiger partial charge in [0.05, 0.1) is 6.04 Å². The summed E-state index contributed by atoms with van der Waals surface area (Å²) in [5.41, 5.74) is 6.47. The van der Waals surface area contributed by atoms with Gasteiger partial charge in [-0.15, -0.1) is 0 Å². The van der Waals surface area contributed by atoms with E-state index in [2.05, 4.69) is 28.2 Å². The van der Waals surface area contributed by atoms with Crippen molar-refractivity contribution in [3.05, 3.63) is 47.0 Å². The Bertz CT molecular complexity index is 656. The van der Waals surface area contributed by atoms with Crippen LogP contribution in [0.5, 0.6) is 0 Å². The van der Waals surface area contributed by atoms with Gasteiger partial charge >= 0.3 is 0 Å². The third-order valence-electron chi connectivity index (χ3n) is 3.58. The highest BCUT2D eigenvalue weighted by atomic mass is 35.5. The van der Waals surface area contributed by atoms with Gasteiger partial charge in [0.25, 0.3) is 0 Å². The summed E-state index contributed by atoms with van der Waals surface area (Å²) < 4.78 is 0. The number of hydrogen-bond acceptors (Lipinski definition) is 4. The summed E-state index contributed by atoms with van der Waals surface area (Å²) in [6, 6.07) is 12.1. The highest BCUT2D eigenvalue weighted by Gasteiger charge is 2.17. The zero-order valence-electron chi connectivity index (χ0n) is 12.9. The number of hydrazone groups is 1. The highest BCUT2D eigenvalue weighted by Crippen LogP contribution is 2.27. The lowest BCUT2D eigenvalue weighted by Gasteiger charge is -2.26. The van der Waals surface area contributed by atoms with Crippen LogP contribution >= 0.6 is 11.6 Å². The van der Waals surface area contributed by atoms with E-state index in [1.807, 2.05) is 32.3 Å². The average molecular weight is 320 g/mol. The van der Waals surface area contributed by atoms with Gasteiger partial charge in [0.15, 0.2) is 0 Å². The Morgan fingerprint density at radius 2 is 1.86 bits per heavy atom. The molecule has 0 aliphatic carbocycles. The SMILES string of the molecule is CN(C)CCC(c1ccc2cc(Cl)ccc2c1)N(N)/N=C\N. The Morgan fingerprint density at radius 1 is 1.18 bits per heavy atom. The second-order valence-corrected chi connectivity index (χ2v) is 5.94. The van der Waals surface area contributed by atoms with E-state index in [-0.39, 0.29) is 6.04 Å². The van der Waals surface area contributed by atoms with Crippen LogP contribution in [0.2, 0.25) is 5.02 Å². The minimum Gasteiger partial charge on any atom is -0.388 e. The van der Waals surface area contributed by atoms with E-state index < -0.39 is 0 Å². The van der Waals surface area contributed by atoms with Crippen molar-refractivity contribution in [2.45, 2.75) is 12.5 Å². The Labute approximate surface area is 136 Å². The number of rotatable bonds is 6. The first-order valence-corrected chi connectivity index (χ1v) is 7.51. The summed E-state index contributed by atoms with van der Waals surface area (Å²) in [7, 11) is 4.07. The minimum absolute atomic E-state index is 0.0396. The standard InChI is InChI=1S/C16H22ClN5/c1-21(2)8-7-16(22(19)20-11-18)14-4-3-13-10-15(17)6-5-12(13)9-14/h3-6,9-11,16H,7-8,19H2,1-2H3,(H2,18,20). The summed E-state index contributed by atoms with van der Waals surface area (Å²) in [6.07, 6.45) is 2.06. The maximum atomic E-state index is 6.03.